The molecule has 0 fully saturated rings. The second kappa shape index (κ2) is 5.88. The maximum atomic E-state index is 5.29. The topological polar surface area (TPSA) is 39.1 Å². The van der Waals surface area contributed by atoms with Gasteiger partial charge >= 0.3 is 0 Å². The van der Waals surface area contributed by atoms with E-state index < -0.39 is 0 Å². The second-order valence-corrected chi connectivity index (χ2v) is 3.84. The van der Waals surface area contributed by atoms with E-state index >= 15 is 0 Å². The highest BCUT2D eigenvalue weighted by Gasteiger charge is 2.15. The first-order valence-electron chi connectivity index (χ1n) is 5.42. The summed E-state index contributed by atoms with van der Waals surface area (Å²) < 4.78 is 7.12. The van der Waals surface area contributed by atoms with Gasteiger partial charge in [0.15, 0.2) is 0 Å². The number of methoxy groups -OCH3 is 1. The third kappa shape index (κ3) is 3.64. The molecule has 0 aliphatic carbocycles. The predicted octanol–water partition coefficient (Wildman–Crippen LogP) is 1.50. The van der Waals surface area contributed by atoms with Crippen molar-refractivity contribution in [3.8, 4) is 0 Å². The minimum atomic E-state index is 0.259. The molecule has 0 aliphatic rings. The molecule has 86 valence electrons. The molecular formula is C11H21N3O. The Morgan fingerprint density at radius 3 is 2.80 bits per heavy atom. The van der Waals surface area contributed by atoms with Gasteiger partial charge in [0.05, 0.1) is 12.3 Å². The Bertz CT molecular complexity index is 285. The summed E-state index contributed by atoms with van der Waals surface area (Å²) in [6, 6.07) is 0.332. The maximum absolute atomic E-state index is 5.29. The molecule has 15 heavy (non-hydrogen) atoms. The SMILES string of the molecule is CCNC(CC(C)OC)c1cnn(C)c1. The predicted molar refractivity (Wildman–Crippen MR) is 60.7 cm³/mol. The summed E-state index contributed by atoms with van der Waals surface area (Å²) >= 11 is 0. The summed E-state index contributed by atoms with van der Waals surface area (Å²) in [6.45, 7) is 5.15. The van der Waals surface area contributed by atoms with Gasteiger partial charge in [-0.1, -0.05) is 6.92 Å². The highest BCUT2D eigenvalue weighted by molar-refractivity contribution is 5.10. The lowest BCUT2D eigenvalue weighted by Gasteiger charge is -2.19. The van der Waals surface area contributed by atoms with Crippen LogP contribution < -0.4 is 5.32 Å². The molecule has 0 aromatic carbocycles. The van der Waals surface area contributed by atoms with Crippen LogP contribution in [0.25, 0.3) is 0 Å². The van der Waals surface area contributed by atoms with Crippen molar-refractivity contribution in [1.29, 1.82) is 0 Å². The van der Waals surface area contributed by atoms with Gasteiger partial charge in [-0.2, -0.15) is 5.10 Å². The molecule has 4 heteroatoms. The Morgan fingerprint density at radius 2 is 2.33 bits per heavy atom. The number of aryl methyl sites for hydroxylation is 1. The molecule has 0 bridgehead atoms. The van der Waals surface area contributed by atoms with Gasteiger partial charge in [-0.25, -0.2) is 0 Å². The first kappa shape index (κ1) is 12.2. The smallest absolute Gasteiger partial charge is 0.0561 e. The van der Waals surface area contributed by atoms with Gasteiger partial charge in [0, 0.05) is 32.0 Å². The van der Waals surface area contributed by atoms with E-state index in [1.54, 1.807) is 7.11 Å². The lowest BCUT2D eigenvalue weighted by atomic mass is 10.0. The number of hydrogen-bond acceptors (Lipinski definition) is 3. The van der Waals surface area contributed by atoms with Crippen molar-refractivity contribution in [2.45, 2.75) is 32.4 Å². The molecular weight excluding hydrogens is 190 g/mol. The Balaban J connectivity index is 2.65. The van der Waals surface area contributed by atoms with Crippen LogP contribution in [0.3, 0.4) is 0 Å². The molecule has 0 radical (unpaired) electrons. The zero-order valence-electron chi connectivity index (χ0n) is 10.0. The molecule has 4 nitrogen and oxygen atoms in total. The molecule has 0 aliphatic heterocycles. The quantitative estimate of drug-likeness (QED) is 0.775. The first-order chi connectivity index (χ1) is 7.17. The van der Waals surface area contributed by atoms with Gasteiger partial charge in [-0.05, 0) is 19.9 Å². The van der Waals surface area contributed by atoms with Crippen LogP contribution in [0.15, 0.2) is 12.4 Å². The van der Waals surface area contributed by atoms with Crippen molar-refractivity contribution in [1.82, 2.24) is 15.1 Å². The van der Waals surface area contributed by atoms with Crippen LogP contribution in [-0.2, 0) is 11.8 Å². The van der Waals surface area contributed by atoms with Crippen LogP contribution in [0.2, 0.25) is 0 Å². The van der Waals surface area contributed by atoms with Crippen molar-refractivity contribution in [3.05, 3.63) is 18.0 Å². The number of hydrogen-bond donors (Lipinski definition) is 1. The van der Waals surface area contributed by atoms with Gasteiger partial charge in [0.25, 0.3) is 0 Å². The standard InChI is InChI=1S/C11H21N3O/c1-5-12-11(6-9(2)15-4)10-7-13-14(3)8-10/h7-9,11-12H,5-6H2,1-4H3. The normalized spacial score (nSPS) is 15.2. The van der Waals surface area contributed by atoms with Crippen molar-refractivity contribution in [2.75, 3.05) is 13.7 Å². The van der Waals surface area contributed by atoms with E-state index in [9.17, 15) is 0 Å². The average molecular weight is 211 g/mol. The van der Waals surface area contributed by atoms with E-state index in [1.165, 1.54) is 5.56 Å². The Labute approximate surface area is 91.6 Å². The van der Waals surface area contributed by atoms with E-state index in [-0.39, 0.29) is 6.10 Å². The Hall–Kier alpha value is -0.870. The number of nitrogens with one attached hydrogen (secondary N) is 1. The van der Waals surface area contributed by atoms with Gasteiger partial charge in [-0.15, -0.1) is 0 Å². The fourth-order valence-electron chi connectivity index (χ4n) is 1.63. The van der Waals surface area contributed by atoms with Crippen LogP contribution in [0.1, 0.15) is 31.9 Å². The van der Waals surface area contributed by atoms with Crippen LogP contribution in [0.4, 0.5) is 0 Å². The molecule has 1 rings (SSSR count). The van der Waals surface area contributed by atoms with E-state index in [1.807, 2.05) is 17.9 Å². The summed E-state index contributed by atoms with van der Waals surface area (Å²) in [5, 5.41) is 7.63. The van der Waals surface area contributed by atoms with E-state index in [2.05, 4.69) is 30.5 Å². The molecule has 1 N–H and O–H groups in total. The number of ether oxygens (including phenoxy) is 1. The zero-order chi connectivity index (χ0) is 11.3. The highest BCUT2D eigenvalue weighted by atomic mass is 16.5. The van der Waals surface area contributed by atoms with Crippen molar-refractivity contribution >= 4 is 0 Å². The van der Waals surface area contributed by atoms with Gasteiger partial charge < -0.3 is 10.1 Å². The summed E-state index contributed by atoms with van der Waals surface area (Å²) in [7, 11) is 3.68. The summed E-state index contributed by atoms with van der Waals surface area (Å²) in [5.41, 5.74) is 1.23. The molecule has 2 unspecified atom stereocenters. The molecule has 1 aromatic heterocycles. The van der Waals surface area contributed by atoms with E-state index in [4.69, 9.17) is 4.74 Å². The van der Waals surface area contributed by atoms with Gasteiger partial charge in [0.2, 0.25) is 0 Å². The summed E-state index contributed by atoms with van der Waals surface area (Å²) in [6.07, 6.45) is 5.19. The number of nitrogens with zero attached hydrogens (tertiary/aromatic N) is 2. The fraction of sp³-hybridized carbons (Fsp3) is 0.727. The van der Waals surface area contributed by atoms with Gasteiger partial charge in [0.1, 0.15) is 0 Å². The largest absolute Gasteiger partial charge is 0.382 e. The van der Waals surface area contributed by atoms with Crippen LogP contribution in [0, 0.1) is 0 Å². The zero-order valence-corrected chi connectivity index (χ0v) is 10.0. The third-order valence-electron chi connectivity index (χ3n) is 2.55. The lowest BCUT2D eigenvalue weighted by Crippen LogP contribution is -2.24. The van der Waals surface area contributed by atoms with Crippen molar-refractivity contribution in [3.63, 3.8) is 0 Å². The Kier molecular flexibility index (Phi) is 4.78. The summed E-state index contributed by atoms with van der Waals surface area (Å²) in [5.74, 6) is 0. The van der Waals surface area contributed by atoms with Crippen molar-refractivity contribution in [2.24, 2.45) is 7.05 Å². The monoisotopic (exact) mass is 211 g/mol. The van der Waals surface area contributed by atoms with Gasteiger partial charge in [-0.3, -0.25) is 4.68 Å². The average Bonchev–Trinajstić information content (AvgIpc) is 2.64. The number of rotatable bonds is 6. The molecule has 1 aromatic rings. The van der Waals surface area contributed by atoms with Crippen molar-refractivity contribution < 1.29 is 4.74 Å². The van der Waals surface area contributed by atoms with Crippen LogP contribution in [0.5, 0.6) is 0 Å². The van der Waals surface area contributed by atoms with E-state index in [0.29, 0.717) is 6.04 Å². The molecule has 0 spiro atoms. The molecule has 0 saturated carbocycles. The maximum Gasteiger partial charge on any atom is 0.0561 e. The van der Waals surface area contributed by atoms with E-state index in [0.717, 1.165) is 13.0 Å². The first-order valence-corrected chi connectivity index (χ1v) is 5.42. The fourth-order valence-corrected chi connectivity index (χ4v) is 1.63. The minimum Gasteiger partial charge on any atom is -0.382 e. The highest BCUT2D eigenvalue weighted by Crippen LogP contribution is 2.18. The molecule has 2 atom stereocenters. The number of aromatic nitrogens is 2. The van der Waals surface area contributed by atoms with Crippen LogP contribution in [-0.4, -0.2) is 29.5 Å². The molecule has 1 heterocycles. The second-order valence-electron chi connectivity index (χ2n) is 3.84. The molecule has 0 saturated heterocycles. The minimum absolute atomic E-state index is 0.259. The lowest BCUT2D eigenvalue weighted by molar-refractivity contribution is 0.101. The molecule has 0 amide bonds. The Morgan fingerprint density at radius 1 is 1.60 bits per heavy atom. The third-order valence-corrected chi connectivity index (χ3v) is 2.55. The van der Waals surface area contributed by atoms with Crippen LogP contribution >= 0.6 is 0 Å². The summed E-state index contributed by atoms with van der Waals surface area (Å²) in [4.78, 5) is 0.